The zero-order valence-corrected chi connectivity index (χ0v) is 20.1. The molecule has 180 valence electrons. The maximum atomic E-state index is 12.4. The van der Waals surface area contributed by atoms with Gasteiger partial charge in [0.05, 0.1) is 30.4 Å². The molecular formula is C27H26N2O5S. The van der Waals surface area contributed by atoms with Gasteiger partial charge in [0.2, 0.25) is 0 Å². The molecule has 0 aliphatic rings. The van der Waals surface area contributed by atoms with E-state index in [1.165, 1.54) is 6.26 Å². The van der Waals surface area contributed by atoms with Crippen LogP contribution in [-0.2, 0) is 25.9 Å². The zero-order valence-electron chi connectivity index (χ0n) is 19.3. The van der Waals surface area contributed by atoms with E-state index in [0.29, 0.717) is 25.3 Å². The number of hydrogen-bond donors (Lipinski definition) is 1. The van der Waals surface area contributed by atoms with E-state index in [-0.39, 0.29) is 17.2 Å². The number of carbonyl (C=O) groups excluding carboxylic acids is 1. The van der Waals surface area contributed by atoms with Gasteiger partial charge in [-0.05, 0) is 34.9 Å². The lowest BCUT2D eigenvalue weighted by Crippen LogP contribution is -2.08. The van der Waals surface area contributed by atoms with E-state index in [0.717, 1.165) is 22.3 Å². The number of carbonyl (C=O) groups is 1. The molecule has 0 spiro atoms. The Morgan fingerprint density at radius 1 is 0.886 bits per heavy atom. The van der Waals surface area contributed by atoms with Gasteiger partial charge in [-0.15, -0.1) is 0 Å². The fraction of sp³-hybridized carbons (Fsp3) is 0.185. The maximum absolute atomic E-state index is 12.4. The quantitative estimate of drug-likeness (QED) is 0.251. The van der Waals surface area contributed by atoms with Gasteiger partial charge in [0.25, 0.3) is 0 Å². The summed E-state index contributed by atoms with van der Waals surface area (Å²) >= 11 is 0. The molecule has 0 fully saturated rings. The average molecular weight is 491 g/mol. The first-order valence-electron chi connectivity index (χ1n) is 11.2. The second kappa shape index (κ2) is 11.1. The molecule has 7 nitrogen and oxygen atoms in total. The van der Waals surface area contributed by atoms with Gasteiger partial charge in [0.1, 0.15) is 5.69 Å². The van der Waals surface area contributed by atoms with E-state index in [2.05, 4.69) is 10.2 Å². The molecule has 4 rings (SSSR count). The van der Waals surface area contributed by atoms with Gasteiger partial charge in [-0.2, -0.15) is 5.10 Å². The van der Waals surface area contributed by atoms with Crippen molar-refractivity contribution in [1.82, 2.24) is 10.2 Å². The Morgan fingerprint density at radius 3 is 2.29 bits per heavy atom. The van der Waals surface area contributed by atoms with Gasteiger partial charge in [0.15, 0.2) is 9.84 Å². The minimum Gasteiger partial charge on any atom is -0.461 e. The van der Waals surface area contributed by atoms with Gasteiger partial charge in [-0.3, -0.25) is 5.10 Å². The molecule has 0 aliphatic carbocycles. The summed E-state index contributed by atoms with van der Waals surface area (Å²) in [5, 5.41) is 7.05. The van der Waals surface area contributed by atoms with Gasteiger partial charge < -0.3 is 9.47 Å². The Labute approximate surface area is 204 Å². The highest BCUT2D eigenvalue weighted by molar-refractivity contribution is 7.90. The van der Waals surface area contributed by atoms with Crippen molar-refractivity contribution in [2.75, 3.05) is 19.5 Å². The summed E-state index contributed by atoms with van der Waals surface area (Å²) in [5.41, 5.74) is 4.47. The summed E-state index contributed by atoms with van der Waals surface area (Å²) in [6, 6.07) is 25.8. The lowest BCUT2D eigenvalue weighted by molar-refractivity contribution is 0.0428. The normalized spacial score (nSPS) is 11.3. The van der Waals surface area contributed by atoms with Crippen LogP contribution in [0.15, 0.2) is 89.8 Å². The van der Waals surface area contributed by atoms with E-state index in [1.807, 2.05) is 54.6 Å². The van der Waals surface area contributed by atoms with Crippen LogP contribution in [0, 0.1) is 0 Å². The molecule has 0 atom stereocenters. The summed E-state index contributed by atoms with van der Waals surface area (Å²) in [6.45, 7) is 1.25. The number of aromatic amines is 1. The molecule has 1 N–H and O–H groups in total. The second-order valence-corrected chi connectivity index (χ2v) is 10.1. The van der Waals surface area contributed by atoms with Crippen LogP contribution in [0.3, 0.4) is 0 Å². The molecule has 0 bridgehead atoms. The minimum absolute atomic E-state index is 0.241. The highest BCUT2D eigenvalue weighted by atomic mass is 32.2. The van der Waals surface area contributed by atoms with E-state index in [9.17, 15) is 13.2 Å². The number of nitrogens with zero attached hydrogens (tertiary/aromatic N) is 1. The van der Waals surface area contributed by atoms with Gasteiger partial charge in [0, 0.05) is 18.2 Å². The largest absolute Gasteiger partial charge is 0.461 e. The van der Waals surface area contributed by atoms with Crippen molar-refractivity contribution in [2.24, 2.45) is 0 Å². The standard InChI is InChI=1S/C27H26N2O5S/c1-35(31,32)22-14-12-21(13-15-22)23-10-5-6-11-24(23)25-18-26(29-28-25)27(30)34-17-7-16-33-19-20-8-3-2-4-9-20/h2-6,8-15,18H,7,16-17,19H2,1H3,(H,28,29). The molecule has 4 aromatic rings. The maximum Gasteiger partial charge on any atom is 0.356 e. The van der Waals surface area contributed by atoms with Crippen molar-refractivity contribution in [3.8, 4) is 22.4 Å². The van der Waals surface area contributed by atoms with Crippen molar-refractivity contribution in [3.63, 3.8) is 0 Å². The van der Waals surface area contributed by atoms with E-state index in [1.54, 1.807) is 30.3 Å². The minimum atomic E-state index is -3.27. The van der Waals surface area contributed by atoms with Crippen LogP contribution in [0.5, 0.6) is 0 Å². The highest BCUT2D eigenvalue weighted by Gasteiger charge is 2.15. The lowest BCUT2D eigenvalue weighted by Gasteiger charge is -2.08. The molecule has 35 heavy (non-hydrogen) atoms. The number of esters is 1. The molecular weight excluding hydrogens is 464 g/mol. The SMILES string of the molecule is CS(=O)(=O)c1ccc(-c2ccccc2-c2cc(C(=O)OCCCOCc3ccccc3)[nH]n2)cc1. The van der Waals surface area contributed by atoms with E-state index >= 15 is 0 Å². The fourth-order valence-corrected chi connectivity index (χ4v) is 4.20. The summed E-state index contributed by atoms with van der Waals surface area (Å²) in [5.74, 6) is -0.484. The van der Waals surface area contributed by atoms with Crippen LogP contribution in [-0.4, -0.2) is 44.1 Å². The average Bonchev–Trinajstić information content (AvgIpc) is 3.37. The van der Waals surface area contributed by atoms with Crippen molar-refractivity contribution in [3.05, 3.63) is 96.2 Å². The smallest absolute Gasteiger partial charge is 0.356 e. The van der Waals surface area contributed by atoms with Crippen LogP contribution < -0.4 is 0 Å². The molecule has 0 radical (unpaired) electrons. The number of ether oxygens (including phenoxy) is 2. The number of H-pyrrole nitrogens is 1. The first-order valence-corrected chi connectivity index (χ1v) is 13.0. The van der Waals surface area contributed by atoms with Crippen LogP contribution in [0.4, 0.5) is 0 Å². The van der Waals surface area contributed by atoms with Crippen molar-refractivity contribution < 1.29 is 22.7 Å². The molecule has 8 heteroatoms. The Morgan fingerprint density at radius 2 is 1.57 bits per heavy atom. The number of benzene rings is 3. The van der Waals surface area contributed by atoms with Gasteiger partial charge in [-0.25, -0.2) is 13.2 Å². The first kappa shape index (κ1) is 24.4. The molecule has 1 aromatic heterocycles. The topological polar surface area (TPSA) is 98.4 Å². The van der Waals surface area contributed by atoms with Crippen LogP contribution >= 0.6 is 0 Å². The molecule has 0 unspecified atom stereocenters. The molecule has 3 aromatic carbocycles. The van der Waals surface area contributed by atoms with E-state index in [4.69, 9.17) is 9.47 Å². The Balaban J connectivity index is 1.36. The number of hydrogen-bond acceptors (Lipinski definition) is 6. The molecule has 0 saturated carbocycles. The van der Waals surface area contributed by atoms with Crippen molar-refractivity contribution in [1.29, 1.82) is 0 Å². The number of sulfone groups is 1. The van der Waals surface area contributed by atoms with Crippen molar-refractivity contribution >= 4 is 15.8 Å². The summed E-state index contributed by atoms with van der Waals surface area (Å²) in [7, 11) is -3.27. The molecule has 1 heterocycles. The van der Waals surface area contributed by atoms with E-state index < -0.39 is 15.8 Å². The van der Waals surface area contributed by atoms with Gasteiger partial charge >= 0.3 is 5.97 Å². The monoisotopic (exact) mass is 490 g/mol. The third-order valence-electron chi connectivity index (χ3n) is 5.37. The summed E-state index contributed by atoms with van der Waals surface area (Å²) in [6.07, 6.45) is 1.77. The number of aromatic nitrogens is 2. The fourth-order valence-electron chi connectivity index (χ4n) is 3.57. The third-order valence-corrected chi connectivity index (χ3v) is 6.50. The lowest BCUT2D eigenvalue weighted by atomic mass is 9.98. The Bertz CT molecular complexity index is 1380. The van der Waals surface area contributed by atoms with Crippen molar-refractivity contribution in [2.45, 2.75) is 17.9 Å². The first-order chi connectivity index (χ1) is 16.9. The molecule has 0 aliphatic heterocycles. The molecule has 0 saturated heterocycles. The predicted molar refractivity (Wildman–Crippen MR) is 134 cm³/mol. The number of rotatable bonds is 10. The van der Waals surface area contributed by atoms with Gasteiger partial charge in [-0.1, -0.05) is 66.7 Å². The second-order valence-electron chi connectivity index (χ2n) is 8.04. The number of nitrogens with one attached hydrogen (secondary N) is 1. The zero-order chi connectivity index (χ0) is 24.7. The highest BCUT2D eigenvalue weighted by Crippen LogP contribution is 2.31. The Kier molecular flexibility index (Phi) is 7.74. The third kappa shape index (κ3) is 6.44. The Hall–Kier alpha value is -3.75. The van der Waals surface area contributed by atoms with Crippen LogP contribution in [0.25, 0.3) is 22.4 Å². The van der Waals surface area contributed by atoms with Crippen LogP contribution in [0.1, 0.15) is 22.5 Å². The molecule has 0 amide bonds. The van der Waals surface area contributed by atoms with Crippen LogP contribution in [0.2, 0.25) is 0 Å². The predicted octanol–water partition coefficient (Wildman–Crippen LogP) is 4.91. The summed E-state index contributed by atoms with van der Waals surface area (Å²) in [4.78, 5) is 12.7. The summed E-state index contributed by atoms with van der Waals surface area (Å²) < 4.78 is 34.5.